The molecule has 30 heavy (non-hydrogen) atoms. The molecule has 0 saturated carbocycles. The predicted molar refractivity (Wildman–Crippen MR) is 109 cm³/mol. The average Bonchev–Trinajstić information content (AvgIpc) is 3.47. The van der Waals surface area contributed by atoms with E-state index in [2.05, 4.69) is 26.1 Å². The van der Waals surface area contributed by atoms with Crippen LogP contribution in [0.15, 0.2) is 82.2 Å². The summed E-state index contributed by atoms with van der Waals surface area (Å²) in [4.78, 5) is 28.3. The molecular weight excluding hydrogens is 386 g/mol. The van der Waals surface area contributed by atoms with Crippen molar-refractivity contribution in [3.63, 3.8) is 0 Å². The maximum Gasteiger partial charge on any atom is 0.319 e. The quantitative estimate of drug-likeness (QED) is 0.449. The minimum absolute atomic E-state index is 0.147. The van der Waals surface area contributed by atoms with Gasteiger partial charge in [-0.3, -0.25) is 9.78 Å². The van der Waals surface area contributed by atoms with Gasteiger partial charge in [0.05, 0.1) is 12.8 Å². The Morgan fingerprint density at radius 2 is 1.77 bits per heavy atom. The van der Waals surface area contributed by atoms with Crippen molar-refractivity contribution in [2.24, 2.45) is 0 Å². The van der Waals surface area contributed by atoms with E-state index in [1.807, 2.05) is 6.07 Å². The Morgan fingerprint density at radius 3 is 2.47 bits per heavy atom. The van der Waals surface area contributed by atoms with Crippen LogP contribution in [0.1, 0.15) is 16.2 Å². The lowest BCUT2D eigenvalue weighted by molar-refractivity contribution is 0.101. The summed E-state index contributed by atoms with van der Waals surface area (Å²) in [6, 6.07) is 15.0. The molecule has 3 heterocycles. The lowest BCUT2D eigenvalue weighted by Gasteiger charge is -2.08. The van der Waals surface area contributed by atoms with Crippen molar-refractivity contribution >= 4 is 23.3 Å². The topological polar surface area (TPSA) is 122 Å². The minimum Gasteiger partial charge on any atom is -0.467 e. The van der Waals surface area contributed by atoms with Gasteiger partial charge in [-0.15, -0.1) is 0 Å². The maximum absolute atomic E-state index is 12.4. The van der Waals surface area contributed by atoms with Crippen molar-refractivity contribution in [1.82, 2.24) is 15.5 Å². The van der Waals surface area contributed by atoms with Crippen LogP contribution in [0.5, 0.6) is 0 Å². The number of anilines is 2. The van der Waals surface area contributed by atoms with Crippen molar-refractivity contribution in [3.05, 3.63) is 84.7 Å². The van der Waals surface area contributed by atoms with Crippen LogP contribution in [0.2, 0.25) is 0 Å². The second-order valence-corrected chi connectivity index (χ2v) is 6.24. The van der Waals surface area contributed by atoms with E-state index >= 15 is 0 Å². The monoisotopic (exact) mass is 403 g/mol. The van der Waals surface area contributed by atoms with E-state index < -0.39 is 5.91 Å². The minimum atomic E-state index is -0.411. The highest BCUT2D eigenvalue weighted by Gasteiger charge is 2.14. The summed E-state index contributed by atoms with van der Waals surface area (Å²) < 4.78 is 10.4. The number of urea groups is 1. The van der Waals surface area contributed by atoms with Gasteiger partial charge in [0.2, 0.25) is 0 Å². The normalized spacial score (nSPS) is 10.4. The largest absolute Gasteiger partial charge is 0.467 e. The summed E-state index contributed by atoms with van der Waals surface area (Å²) in [5.41, 5.74) is 2.00. The highest BCUT2D eigenvalue weighted by molar-refractivity contribution is 6.03. The molecule has 0 aliphatic heterocycles. The van der Waals surface area contributed by atoms with E-state index in [-0.39, 0.29) is 18.3 Å². The van der Waals surface area contributed by atoms with Gasteiger partial charge in [-0.1, -0.05) is 5.16 Å². The molecule has 9 heteroatoms. The highest BCUT2D eigenvalue weighted by atomic mass is 16.5. The second-order valence-electron chi connectivity index (χ2n) is 6.24. The molecule has 3 N–H and O–H groups in total. The van der Waals surface area contributed by atoms with Crippen molar-refractivity contribution in [2.75, 3.05) is 10.6 Å². The highest BCUT2D eigenvalue weighted by Crippen LogP contribution is 2.20. The third-order valence-electron chi connectivity index (χ3n) is 4.09. The molecule has 0 bridgehead atoms. The van der Waals surface area contributed by atoms with E-state index in [0.29, 0.717) is 22.9 Å². The second kappa shape index (κ2) is 8.74. The Balaban J connectivity index is 1.31. The van der Waals surface area contributed by atoms with Crippen LogP contribution in [0.25, 0.3) is 11.3 Å². The molecule has 3 aromatic heterocycles. The predicted octanol–water partition coefficient (Wildman–Crippen LogP) is 3.90. The number of furan rings is 1. The fourth-order valence-corrected chi connectivity index (χ4v) is 2.61. The van der Waals surface area contributed by atoms with Crippen molar-refractivity contribution in [1.29, 1.82) is 0 Å². The van der Waals surface area contributed by atoms with Crippen molar-refractivity contribution < 1.29 is 18.5 Å². The lowest BCUT2D eigenvalue weighted by Crippen LogP contribution is -2.27. The molecule has 0 aliphatic rings. The first kappa shape index (κ1) is 18.9. The first-order valence-electron chi connectivity index (χ1n) is 9.03. The maximum atomic E-state index is 12.4. The van der Waals surface area contributed by atoms with Gasteiger partial charge >= 0.3 is 6.03 Å². The van der Waals surface area contributed by atoms with Crippen LogP contribution < -0.4 is 16.0 Å². The first-order chi connectivity index (χ1) is 14.7. The number of carbonyl (C=O) groups excluding carboxylic acids is 2. The number of rotatable bonds is 6. The van der Waals surface area contributed by atoms with Crippen LogP contribution in [-0.2, 0) is 6.54 Å². The number of aromatic nitrogens is 2. The van der Waals surface area contributed by atoms with Crippen LogP contribution in [-0.4, -0.2) is 22.1 Å². The Labute approximate surface area is 171 Å². The zero-order chi connectivity index (χ0) is 20.8. The lowest BCUT2D eigenvalue weighted by atomic mass is 10.2. The smallest absolute Gasteiger partial charge is 0.319 e. The number of benzene rings is 1. The number of hydrogen-bond acceptors (Lipinski definition) is 6. The summed E-state index contributed by atoms with van der Waals surface area (Å²) in [6.07, 6.45) is 4.81. The SMILES string of the molecule is O=C(NCc1ccco1)Nc1ccc(NC(=O)c2cc(-c3cccnc3)on2)cc1. The Hall–Kier alpha value is -4.40. The molecule has 0 saturated heterocycles. The molecule has 9 nitrogen and oxygen atoms in total. The van der Waals surface area contributed by atoms with E-state index in [9.17, 15) is 9.59 Å². The standard InChI is InChI=1S/C21H17N5O4/c27-20(18-11-19(30-26-18)14-3-1-9-22-12-14)24-15-5-7-16(8-6-15)25-21(28)23-13-17-4-2-10-29-17/h1-12H,13H2,(H,24,27)(H2,23,25,28). The summed E-state index contributed by atoms with van der Waals surface area (Å²) in [6.45, 7) is 0.283. The van der Waals surface area contributed by atoms with E-state index in [1.54, 1.807) is 67.2 Å². The Morgan fingerprint density at radius 1 is 0.967 bits per heavy atom. The van der Waals surface area contributed by atoms with E-state index in [4.69, 9.17) is 8.94 Å². The molecular formula is C21H17N5O4. The summed E-state index contributed by atoms with van der Waals surface area (Å²) in [5.74, 6) is 0.696. The molecule has 4 aromatic rings. The number of amides is 3. The van der Waals surface area contributed by atoms with E-state index in [0.717, 1.165) is 5.56 Å². The van der Waals surface area contributed by atoms with Gasteiger partial charge < -0.3 is 24.9 Å². The molecule has 0 spiro atoms. The number of nitrogens with zero attached hydrogens (tertiary/aromatic N) is 2. The summed E-state index contributed by atoms with van der Waals surface area (Å²) in [7, 11) is 0. The summed E-state index contributed by atoms with van der Waals surface area (Å²) >= 11 is 0. The fraction of sp³-hybridized carbons (Fsp3) is 0.0476. The van der Waals surface area contributed by atoms with Gasteiger partial charge in [0.25, 0.3) is 5.91 Å². The molecule has 0 radical (unpaired) electrons. The van der Waals surface area contributed by atoms with E-state index in [1.165, 1.54) is 0 Å². The number of carbonyl (C=O) groups is 2. The summed E-state index contributed by atoms with van der Waals surface area (Å²) in [5, 5.41) is 11.9. The van der Waals surface area contributed by atoms with Gasteiger partial charge in [-0.2, -0.15) is 0 Å². The molecule has 3 amide bonds. The van der Waals surface area contributed by atoms with Crippen LogP contribution in [0.4, 0.5) is 16.2 Å². The molecule has 0 aliphatic carbocycles. The Bertz CT molecular complexity index is 1120. The fourth-order valence-electron chi connectivity index (χ4n) is 2.61. The van der Waals surface area contributed by atoms with Crippen LogP contribution >= 0.6 is 0 Å². The first-order valence-corrected chi connectivity index (χ1v) is 9.03. The number of pyridine rings is 1. The zero-order valence-electron chi connectivity index (χ0n) is 15.7. The molecule has 0 fully saturated rings. The average molecular weight is 403 g/mol. The van der Waals surface area contributed by atoms with Gasteiger partial charge in [-0.25, -0.2) is 4.79 Å². The molecule has 150 valence electrons. The molecule has 0 unspecified atom stereocenters. The number of nitrogens with one attached hydrogen (secondary N) is 3. The zero-order valence-corrected chi connectivity index (χ0v) is 15.7. The molecule has 1 aromatic carbocycles. The Kier molecular flexibility index (Phi) is 5.52. The van der Waals surface area contributed by atoms with Crippen molar-refractivity contribution in [3.8, 4) is 11.3 Å². The molecule has 4 rings (SSSR count). The van der Waals surface area contributed by atoms with Gasteiger partial charge in [0, 0.05) is 35.4 Å². The van der Waals surface area contributed by atoms with Gasteiger partial charge in [0.15, 0.2) is 11.5 Å². The van der Waals surface area contributed by atoms with Crippen LogP contribution in [0, 0.1) is 0 Å². The van der Waals surface area contributed by atoms with Crippen molar-refractivity contribution in [2.45, 2.75) is 6.54 Å². The molecule has 0 atom stereocenters. The third-order valence-corrected chi connectivity index (χ3v) is 4.09. The van der Waals surface area contributed by atoms with Gasteiger partial charge in [-0.05, 0) is 48.5 Å². The van der Waals surface area contributed by atoms with Crippen LogP contribution in [0.3, 0.4) is 0 Å². The third kappa shape index (κ3) is 4.71. The number of hydrogen-bond donors (Lipinski definition) is 3. The van der Waals surface area contributed by atoms with Gasteiger partial charge in [0.1, 0.15) is 5.76 Å².